The van der Waals surface area contributed by atoms with E-state index in [1.54, 1.807) is 30.3 Å². The number of ether oxygens (including phenoxy) is 1. The fourth-order valence-corrected chi connectivity index (χ4v) is 1.33. The molecule has 0 fully saturated rings. The molecule has 0 saturated carbocycles. The van der Waals surface area contributed by atoms with Crippen molar-refractivity contribution in [3.05, 3.63) is 41.5 Å². The molecule has 0 aliphatic carbocycles. The van der Waals surface area contributed by atoms with E-state index in [4.69, 9.17) is 0 Å². The molecule has 0 aliphatic heterocycles. The second kappa shape index (κ2) is 8.16. The molecule has 0 amide bonds. The zero-order valence-electron chi connectivity index (χ0n) is 10.2. The fraction of sp³-hybridized carbons (Fsp3) is 0.182. The van der Waals surface area contributed by atoms with Crippen LogP contribution in [0.25, 0.3) is 6.08 Å². The van der Waals surface area contributed by atoms with Gasteiger partial charge in [0, 0.05) is 5.57 Å². The van der Waals surface area contributed by atoms with Gasteiger partial charge in [0.15, 0.2) is 0 Å². The van der Waals surface area contributed by atoms with Crippen LogP contribution in [0, 0.1) is 0 Å². The minimum Gasteiger partial charge on any atom is -0.466 e. The first-order valence-corrected chi connectivity index (χ1v) is 4.97. The van der Waals surface area contributed by atoms with Crippen LogP contribution in [0.2, 0.25) is 6.32 Å². The quantitative estimate of drug-likeness (QED) is 0.444. The average Bonchev–Trinajstić information content (AvgIpc) is 2.27. The van der Waals surface area contributed by atoms with Crippen molar-refractivity contribution < 1.29 is 73.9 Å². The molecule has 1 rings (SSSR count). The van der Waals surface area contributed by atoms with Gasteiger partial charge in [-0.3, -0.25) is 0 Å². The monoisotopic (exact) mass is 282 g/mol. The molecule has 0 bridgehead atoms. The van der Waals surface area contributed by atoms with Gasteiger partial charge in [0.1, 0.15) is 0 Å². The van der Waals surface area contributed by atoms with E-state index in [1.807, 2.05) is 0 Å². The van der Waals surface area contributed by atoms with Gasteiger partial charge in [0.05, 0.1) is 7.11 Å². The molecule has 0 atom stereocenters. The summed E-state index contributed by atoms with van der Waals surface area (Å²) < 4.78 is 41.3. The summed E-state index contributed by atoms with van der Waals surface area (Å²) in [6, 6.07) is 8.33. The smallest absolute Gasteiger partial charge is 0.466 e. The summed E-state index contributed by atoms with van der Waals surface area (Å²) in [6.45, 7) is -5.06. The van der Waals surface area contributed by atoms with E-state index in [0.717, 1.165) is 7.11 Å². The van der Waals surface area contributed by atoms with E-state index in [-0.39, 0.29) is 57.0 Å². The summed E-state index contributed by atoms with van der Waals surface area (Å²) in [5.41, 5.74) is 0.152. The van der Waals surface area contributed by atoms with Crippen molar-refractivity contribution in [2.45, 2.75) is 6.32 Å². The number of esters is 1. The predicted molar refractivity (Wildman–Crippen MR) is 60.3 cm³/mol. The third-order valence-corrected chi connectivity index (χ3v) is 2.04. The molecule has 0 saturated heterocycles. The molecule has 0 unspecified atom stereocenters. The average molecular weight is 282 g/mol. The first kappa shape index (κ1) is 17.9. The van der Waals surface area contributed by atoms with Crippen LogP contribution in [0.3, 0.4) is 0 Å². The van der Waals surface area contributed by atoms with Gasteiger partial charge < -0.3 is 17.7 Å². The van der Waals surface area contributed by atoms with E-state index >= 15 is 0 Å². The zero-order chi connectivity index (χ0) is 12.9. The van der Waals surface area contributed by atoms with Crippen molar-refractivity contribution in [3.63, 3.8) is 0 Å². The Bertz CT molecular complexity index is 418. The summed E-state index contributed by atoms with van der Waals surface area (Å²) in [5, 5.41) is 0. The van der Waals surface area contributed by atoms with Crippen LogP contribution in [0.1, 0.15) is 5.56 Å². The second-order valence-electron chi connectivity index (χ2n) is 3.49. The van der Waals surface area contributed by atoms with Crippen LogP contribution in [0.5, 0.6) is 0 Å². The maximum absolute atomic E-state index is 12.3. The minimum absolute atomic E-state index is 0. The van der Waals surface area contributed by atoms with Crippen LogP contribution in [-0.4, -0.2) is 20.1 Å². The first-order valence-electron chi connectivity index (χ1n) is 4.97. The molecule has 0 aromatic heterocycles. The van der Waals surface area contributed by atoms with Gasteiger partial charge in [0.25, 0.3) is 0 Å². The number of carbonyl (C=O) groups excluding carboxylic acids is 1. The molecule has 0 aliphatic rings. The fourth-order valence-electron chi connectivity index (χ4n) is 1.33. The molecule has 1 aromatic carbocycles. The van der Waals surface area contributed by atoms with Crippen LogP contribution in [0.4, 0.5) is 12.9 Å². The van der Waals surface area contributed by atoms with Crippen molar-refractivity contribution in [3.8, 4) is 0 Å². The van der Waals surface area contributed by atoms with E-state index in [1.165, 1.54) is 6.08 Å². The number of benzene rings is 1. The number of carbonyl (C=O) groups is 1. The Hall–Kier alpha value is -0.0787. The van der Waals surface area contributed by atoms with Crippen LogP contribution in [0.15, 0.2) is 35.9 Å². The molecule has 7 heteroatoms. The Balaban J connectivity index is 0.00000289. The summed E-state index contributed by atoms with van der Waals surface area (Å²) in [6.07, 6.45) is -0.0390. The Labute approximate surface area is 146 Å². The van der Waals surface area contributed by atoms with Crippen LogP contribution < -0.4 is 51.4 Å². The van der Waals surface area contributed by atoms with E-state index in [0.29, 0.717) is 5.56 Å². The van der Waals surface area contributed by atoms with Crippen molar-refractivity contribution in [2.24, 2.45) is 0 Å². The predicted octanol–water partition coefficient (Wildman–Crippen LogP) is 0.0944. The van der Waals surface area contributed by atoms with Gasteiger partial charge >= 0.3 is 64.3 Å². The molecule has 18 heavy (non-hydrogen) atoms. The first-order chi connectivity index (χ1) is 7.92. The molecule has 92 valence electrons. The largest absolute Gasteiger partial charge is 1.00 e. The van der Waals surface area contributed by atoms with Gasteiger partial charge in [-0.25, -0.2) is 4.79 Å². The van der Waals surface area contributed by atoms with Gasteiger partial charge in [-0.1, -0.05) is 36.7 Å². The zero-order valence-corrected chi connectivity index (χ0v) is 13.3. The summed E-state index contributed by atoms with van der Waals surface area (Å²) in [5.74, 6) is -0.951. The molecule has 2 nitrogen and oxygen atoms in total. The van der Waals surface area contributed by atoms with Crippen LogP contribution >= 0.6 is 0 Å². The molecule has 0 heterocycles. The molecule has 0 N–H and O–H groups in total. The van der Waals surface area contributed by atoms with E-state index in [2.05, 4.69) is 4.74 Å². The molecule has 0 spiro atoms. The van der Waals surface area contributed by atoms with E-state index in [9.17, 15) is 17.7 Å². The minimum atomic E-state index is -5.06. The third kappa shape index (κ3) is 6.75. The molecule has 1 aromatic rings. The third-order valence-electron chi connectivity index (χ3n) is 2.04. The van der Waals surface area contributed by atoms with Crippen molar-refractivity contribution in [1.82, 2.24) is 0 Å². The second-order valence-corrected chi connectivity index (χ2v) is 3.49. The van der Waals surface area contributed by atoms with Gasteiger partial charge in [-0.15, -0.1) is 0 Å². The Morgan fingerprint density at radius 3 is 2.28 bits per heavy atom. The molecular formula is C11H11BF3KO2. The Morgan fingerprint density at radius 1 is 1.28 bits per heavy atom. The van der Waals surface area contributed by atoms with Gasteiger partial charge in [-0.2, -0.15) is 0 Å². The Kier molecular flexibility index (Phi) is 8.13. The number of halogens is 3. The number of hydrogen-bond donors (Lipinski definition) is 0. The van der Waals surface area contributed by atoms with Crippen molar-refractivity contribution >= 4 is 19.0 Å². The van der Waals surface area contributed by atoms with Gasteiger partial charge in [0.2, 0.25) is 0 Å². The summed E-state index contributed by atoms with van der Waals surface area (Å²) in [4.78, 5) is 11.2. The standard InChI is InChI=1S/C11H11BF3O2.K/c1-17-11(16)10(8-12(13,14)15)7-9-5-3-2-4-6-9;/h2-7H,8H2,1H3;/q-1;+1/b10-7+;. The maximum atomic E-state index is 12.3. The van der Waals surface area contributed by atoms with Crippen LogP contribution in [-0.2, 0) is 9.53 Å². The SMILES string of the molecule is COC(=O)/C(=C/c1ccccc1)C[B-](F)(F)F.[K+]. The van der Waals surface area contributed by atoms with E-state index < -0.39 is 19.3 Å². The number of rotatable bonds is 4. The summed E-state index contributed by atoms with van der Waals surface area (Å²) >= 11 is 0. The summed E-state index contributed by atoms with van der Waals surface area (Å²) in [7, 11) is 1.06. The van der Waals surface area contributed by atoms with Gasteiger partial charge in [-0.05, 0) is 11.6 Å². The topological polar surface area (TPSA) is 26.3 Å². The Morgan fingerprint density at radius 2 is 1.83 bits per heavy atom. The maximum Gasteiger partial charge on any atom is 1.00 e. The number of methoxy groups -OCH3 is 1. The number of hydrogen-bond acceptors (Lipinski definition) is 2. The molecule has 0 radical (unpaired) electrons. The normalized spacial score (nSPS) is 11.7. The van der Waals surface area contributed by atoms with Crippen molar-refractivity contribution in [1.29, 1.82) is 0 Å². The van der Waals surface area contributed by atoms with Crippen molar-refractivity contribution in [2.75, 3.05) is 7.11 Å². The molecular weight excluding hydrogens is 271 g/mol.